The number of carbonyl (C=O) groups is 2. The molecule has 0 amide bonds. The number of hydrogen-bond donors (Lipinski definition) is 4. The Kier molecular flexibility index (Phi) is 4.03. The SMILES string of the molecule is Cc1ncc(S(=O)(=O)N[C@H](CC(=O)O)C(=O)O)[nH]1. The van der Waals surface area contributed by atoms with Crippen molar-refractivity contribution >= 4 is 22.0 Å². The lowest BCUT2D eigenvalue weighted by atomic mass is 10.2. The summed E-state index contributed by atoms with van der Waals surface area (Å²) in [6, 6.07) is -1.74. The van der Waals surface area contributed by atoms with Gasteiger partial charge in [0.2, 0.25) is 0 Å². The number of aromatic amines is 1. The number of aliphatic carboxylic acids is 2. The highest BCUT2D eigenvalue weighted by atomic mass is 32.2. The Balaban J connectivity index is 2.93. The van der Waals surface area contributed by atoms with Gasteiger partial charge in [0, 0.05) is 0 Å². The summed E-state index contributed by atoms with van der Waals surface area (Å²) in [4.78, 5) is 27.2. The summed E-state index contributed by atoms with van der Waals surface area (Å²) < 4.78 is 25.2. The molecule has 0 aliphatic carbocycles. The molecular weight excluding hydrogens is 266 g/mol. The molecule has 1 atom stereocenters. The van der Waals surface area contributed by atoms with Crippen LogP contribution in [-0.4, -0.2) is 46.6 Å². The van der Waals surface area contributed by atoms with Gasteiger partial charge in [0.1, 0.15) is 11.9 Å². The van der Waals surface area contributed by atoms with Crippen LogP contribution in [0, 0.1) is 6.92 Å². The van der Waals surface area contributed by atoms with Gasteiger partial charge >= 0.3 is 11.9 Å². The first-order valence-corrected chi connectivity index (χ1v) is 6.19. The maximum atomic E-state index is 11.7. The van der Waals surface area contributed by atoms with Gasteiger partial charge in [-0.1, -0.05) is 0 Å². The molecule has 0 fully saturated rings. The average molecular weight is 277 g/mol. The Labute approximate surface area is 102 Å². The van der Waals surface area contributed by atoms with E-state index in [1.165, 1.54) is 6.92 Å². The van der Waals surface area contributed by atoms with E-state index >= 15 is 0 Å². The summed E-state index contributed by atoms with van der Waals surface area (Å²) >= 11 is 0. The van der Waals surface area contributed by atoms with Crippen molar-refractivity contribution in [3.63, 3.8) is 0 Å². The highest BCUT2D eigenvalue weighted by Crippen LogP contribution is 2.07. The van der Waals surface area contributed by atoms with Gasteiger partial charge in [-0.3, -0.25) is 9.59 Å². The molecule has 0 aliphatic heterocycles. The van der Waals surface area contributed by atoms with Crippen molar-refractivity contribution in [2.75, 3.05) is 0 Å². The molecule has 4 N–H and O–H groups in total. The first-order valence-electron chi connectivity index (χ1n) is 4.71. The van der Waals surface area contributed by atoms with E-state index in [1.807, 2.05) is 0 Å². The number of aryl methyl sites for hydroxylation is 1. The largest absolute Gasteiger partial charge is 0.481 e. The molecule has 0 spiro atoms. The zero-order chi connectivity index (χ0) is 13.9. The molecule has 0 aromatic carbocycles. The van der Waals surface area contributed by atoms with Crippen molar-refractivity contribution in [2.45, 2.75) is 24.4 Å². The lowest BCUT2D eigenvalue weighted by Gasteiger charge is -2.11. The van der Waals surface area contributed by atoms with Gasteiger partial charge in [0.15, 0.2) is 5.03 Å². The van der Waals surface area contributed by atoms with E-state index < -0.39 is 34.4 Å². The molecule has 0 saturated carbocycles. The number of aromatic nitrogens is 2. The summed E-state index contributed by atoms with van der Waals surface area (Å²) in [6.45, 7) is 1.52. The van der Waals surface area contributed by atoms with Crippen LogP contribution in [0.2, 0.25) is 0 Å². The fraction of sp³-hybridized carbons (Fsp3) is 0.375. The molecule has 1 rings (SSSR count). The third-order valence-electron chi connectivity index (χ3n) is 1.94. The maximum absolute atomic E-state index is 11.7. The summed E-state index contributed by atoms with van der Waals surface area (Å²) in [5.74, 6) is -2.66. The van der Waals surface area contributed by atoms with Crippen LogP contribution in [-0.2, 0) is 19.6 Å². The molecule has 9 nitrogen and oxygen atoms in total. The van der Waals surface area contributed by atoms with Gasteiger partial charge in [-0.2, -0.15) is 4.72 Å². The van der Waals surface area contributed by atoms with Gasteiger partial charge in [-0.15, -0.1) is 0 Å². The summed E-state index contributed by atoms with van der Waals surface area (Å²) in [5, 5.41) is 16.9. The van der Waals surface area contributed by atoms with Crippen LogP contribution in [0.3, 0.4) is 0 Å². The molecule has 0 bridgehead atoms. The maximum Gasteiger partial charge on any atom is 0.322 e. The van der Waals surface area contributed by atoms with Crippen molar-refractivity contribution < 1.29 is 28.2 Å². The molecule has 1 aromatic heterocycles. The molecule has 0 saturated heterocycles. The van der Waals surface area contributed by atoms with E-state index in [9.17, 15) is 18.0 Å². The van der Waals surface area contributed by atoms with Crippen molar-refractivity contribution in [2.24, 2.45) is 0 Å². The summed E-state index contributed by atoms with van der Waals surface area (Å²) in [6.07, 6.45) is 0.152. The molecule has 1 heterocycles. The molecule has 0 unspecified atom stereocenters. The van der Waals surface area contributed by atoms with Gasteiger partial charge < -0.3 is 15.2 Å². The molecule has 0 aliphatic rings. The van der Waals surface area contributed by atoms with Crippen LogP contribution in [0.15, 0.2) is 11.2 Å². The van der Waals surface area contributed by atoms with Gasteiger partial charge in [0.25, 0.3) is 10.0 Å². The summed E-state index contributed by atoms with van der Waals surface area (Å²) in [5.41, 5.74) is 0. The standard InChI is InChI=1S/C8H11N3O6S/c1-4-9-3-6(10-4)18(16,17)11-5(8(14)15)2-7(12)13/h3,5,11H,2H2,1H3,(H,9,10)(H,12,13)(H,14,15)/t5-/m1/s1. The van der Waals surface area contributed by atoms with Crippen molar-refractivity contribution in [1.82, 2.24) is 14.7 Å². The monoisotopic (exact) mass is 277 g/mol. The highest BCUT2D eigenvalue weighted by Gasteiger charge is 2.28. The normalized spacial score (nSPS) is 13.2. The third kappa shape index (κ3) is 3.53. The fourth-order valence-electron chi connectivity index (χ4n) is 1.14. The molecule has 0 radical (unpaired) electrons. The second-order valence-electron chi connectivity index (χ2n) is 3.44. The third-order valence-corrected chi connectivity index (χ3v) is 3.32. The van der Waals surface area contributed by atoms with E-state index in [-0.39, 0.29) is 5.03 Å². The lowest BCUT2D eigenvalue weighted by molar-refractivity contribution is -0.145. The first-order chi connectivity index (χ1) is 8.22. The molecule has 1 aromatic rings. The van der Waals surface area contributed by atoms with Gasteiger partial charge in [0.05, 0.1) is 12.6 Å². The number of nitrogens with zero attached hydrogens (tertiary/aromatic N) is 1. The number of H-pyrrole nitrogens is 1. The Morgan fingerprint density at radius 2 is 2.11 bits per heavy atom. The second kappa shape index (κ2) is 5.14. The molecular formula is C8H11N3O6S. The smallest absolute Gasteiger partial charge is 0.322 e. The second-order valence-corrected chi connectivity index (χ2v) is 5.13. The van der Waals surface area contributed by atoms with Crippen LogP contribution in [0.4, 0.5) is 0 Å². The first kappa shape index (κ1) is 14.1. The number of rotatable bonds is 6. The van der Waals surface area contributed by atoms with Gasteiger partial charge in [-0.25, -0.2) is 13.4 Å². The Hall–Kier alpha value is -1.94. The highest BCUT2D eigenvalue weighted by molar-refractivity contribution is 7.89. The van der Waals surface area contributed by atoms with Crippen molar-refractivity contribution in [1.29, 1.82) is 0 Å². The Morgan fingerprint density at radius 1 is 1.50 bits per heavy atom. The van der Waals surface area contributed by atoms with E-state index in [2.05, 4.69) is 9.97 Å². The van der Waals surface area contributed by atoms with Crippen LogP contribution in [0.25, 0.3) is 0 Å². The fourth-order valence-corrected chi connectivity index (χ4v) is 2.30. The van der Waals surface area contributed by atoms with Crippen LogP contribution < -0.4 is 4.72 Å². The number of carboxylic acid groups (broad SMARTS) is 2. The van der Waals surface area contributed by atoms with E-state index in [0.29, 0.717) is 5.82 Å². The molecule has 18 heavy (non-hydrogen) atoms. The van der Waals surface area contributed by atoms with Crippen molar-refractivity contribution in [3.8, 4) is 0 Å². The topological polar surface area (TPSA) is 149 Å². The molecule has 10 heteroatoms. The zero-order valence-electron chi connectivity index (χ0n) is 9.24. The summed E-state index contributed by atoms with van der Waals surface area (Å²) in [7, 11) is -4.14. The predicted molar refractivity (Wildman–Crippen MR) is 57.3 cm³/mol. The molecule has 100 valence electrons. The lowest BCUT2D eigenvalue weighted by Crippen LogP contribution is -2.42. The van der Waals surface area contributed by atoms with Crippen LogP contribution in [0.5, 0.6) is 0 Å². The Morgan fingerprint density at radius 3 is 2.50 bits per heavy atom. The minimum atomic E-state index is -4.14. The van der Waals surface area contributed by atoms with Crippen LogP contribution in [0.1, 0.15) is 12.2 Å². The number of sulfonamides is 1. The minimum absolute atomic E-state index is 0.323. The van der Waals surface area contributed by atoms with E-state index in [4.69, 9.17) is 10.2 Å². The Bertz CT molecular complexity index is 563. The van der Waals surface area contributed by atoms with Gasteiger partial charge in [-0.05, 0) is 6.92 Å². The van der Waals surface area contributed by atoms with E-state index in [0.717, 1.165) is 6.20 Å². The predicted octanol–water partition coefficient (Wildman–Crippen LogP) is -1.08. The van der Waals surface area contributed by atoms with Crippen molar-refractivity contribution in [3.05, 3.63) is 12.0 Å². The number of nitrogens with one attached hydrogen (secondary N) is 2. The van der Waals surface area contributed by atoms with Crippen LogP contribution >= 0.6 is 0 Å². The number of hydrogen-bond acceptors (Lipinski definition) is 5. The minimum Gasteiger partial charge on any atom is -0.481 e. The number of imidazole rings is 1. The number of carboxylic acids is 2. The quantitative estimate of drug-likeness (QED) is 0.516. The van der Waals surface area contributed by atoms with E-state index in [1.54, 1.807) is 4.72 Å². The zero-order valence-corrected chi connectivity index (χ0v) is 10.1. The average Bonchev–Trinajstić information content (AvgIpc) is 2.63.